The van der Waals surface area contributed by atoms with E-state index < -0.39 is 23.1 Å². The Balaban J connectivity index is 3.17. The van der Waals surface area contributed by atoms with E-state index in [1.54, 1.807) is 6.92 Å². The van der Waals surface area contributed by atoms with Crippen LogP contribution in [0.25, 0.3) is 0 Å². The molecule has 0 spiro atoms. The highest BCUT2D eigenvalue weighted by atomic mass is 19.2. The largest absolute Gasteiger partial charge is 0.384 e. The Labute approximate surface area is 136 Å². The smallest absolute Gasteiger partial charge is 0.254 e. The summed E-state index contributed by atoms with van der Waals surface area (Å²) in [7, 11) is 0. The second-order valence-electron chi connectivity index (χ2n) is 6.54. The first-order chi connectivity index (χ1) is 10.6. The molecule has 1 amide bonds. The molecule has 1 unspecified atom stereocenters. The van der Waals surface area contributed by atoms with Crippen LogP contribution in [-0.2, 0) is 0 Å². The Bertz CT molecular complexity index is 620. The zero-order chi connectivity index (χ0) is 17.8. The number of hydrogen-bond acceptors (Lipinski definition) is 2. The topological polar surface area (TPSA) is 41.1 Å². The molecule has 2 N–H and O–H groups in total. The first kappa shape index (κ1) is 19.0. The molecule has 0 radical (unpaired) electrons. The molecule has 0 aliphatic rings. The van der Waals surface area contributed by atoms with Crippen LogP contribution >= 0.6 is 0 Å². The van der Waals surface area contributed by atoms with Crippen LogP contribution in [0.5, 0.6) is 0 Å². The zero-order valence-corrected chi connectivity index (χ0v) is 14.3. The maximum absolute atomic E-state index is 13.6. The standard InChI is InChI=1S/C18H24F2N2O/c1-7-18(6,12(4)5)22-17(23)13-8-14(19)15(20)9-16(13)21-10-11(2)3/h1,8-9,11-12,21H,10H2,2-6H3,(H,22,23). The van der Waals surface area contributed by atoms with E-state index in [1.807, 2.05) is 27.7 Å². The minimum atomic E-state index is -1.07. The third kappa shape index (κ3) is 4.69. The minimum Gasteiger partial charge on any atom is -0.384 e. The van der Waals surface area contributed by atoms with Gasteiger partial charge in [-0.3, -0.25) is 4.79 Å². The highest BCUT2D eigenvalue weighted by molar-refractivity contribution is 6.00. The van der Waals surface area contributed by atoms with Gasteiger partial charge in [0, 0.05) is 12.6 Å². The zero-order valence-electron chi connectivity index (χ0n) is 14.3. The van der Waals surface area contributed by atoms with Crippen LogP contribution in [0, 0.1) is 35.8 Å². The van der Waals surface area contributed by atoms with Gasteiger partial charge in [-0.05, 0) is 24.8 Å². The Morgan fingerprint density at radius 3 is 2.30 bits per heavy atom. The van der Waals surface area contributed by atoms with Crippen LogP contribution in [0.2, 0.25) is 0 Å². The maximum atomic E-state index is 13.6. The number of halogens is 2. The van der Waals surface area contributed by atoms with E-state index in [2.05, 4.69) is 16.6 Å². The van der Waals surface area contributed by atoms with Gasteiger partial charge in [0.2, 0.25) is 0 Å². The van der Waals surface area contributed by atoms with Crippen molar-refractivity contribution in [3.05, 3.63) is 29.3 Å². The summed E-state index contributed by atoms with van der Waals surface area (Å²) < 4.78 is 27.1. The van der Waals surface area contributed by atoms with Crippen molar-refractivity contribution >= 4 is 11.6 Å². The number of carbonyl (C=O) groups is 1. The van der Waals surface area contributed by atoms with Gasteiger partial charge in [-0.1, -0.05) is 33.6 Å². The lowest BCUT2D eigenvalue weighted by Crippen LogP contribution is -2.49. The van der Waals surface area contributed by atoms with Crippen molar-refractivity contribution in [3.63, 3.8) is 0 Å². The van der Waals surface area contributed by atoms with E-state index in [9.17, 15) is 13.6 Å². The molecule has 1 atom stereocenters. The van der Waals surface area contributed by atoms with Crippen LogP contribution in [0.15, 0.2) is 12.1 Å². The fraction of sp³-hybridized carbons (Fsp3) is 0.500. The summed E-state index contributed by atoms with van der Waals surface area (Å²) in [6, 6.07) is 1.89. The predicted octanol–water partition coefficient (Wildman–Crippen LogP) is 3.81. The van der Waals surface area contributed by atoms with Crippen molar-refractivity contribution in [3.8, 4) is 12.3 Å². The van der Waals surface area contributed by atoms with Crippen molar-refractivity contribution in [1.82, 2.24) is 5.32 Å². The molecule has 5 heteroatoms. The van der Waals surface area contributed by atoms with E-state index in [-0.39, 0.29) is 23.1 Å². The molecule has 3 nitrogen and oxygen atoms in total. The van der Waals surface area contributed by atoms with Gasteiger partial charge in [0.25, 0.3) is 5.91 Å². The summed E-state index contributed by atoms with van der Waals surface area (Å²) in [5.74, 6) is 0.204. The number of carbonyl (C=O) groups excluding carboxylic acids is 1. The second kappa shape index (κ2) is 7.45. The monoisotopic (exact) mass is 322 g/mol. The number of hydrogen-bond donors (Lipinski definition) is 2. The third-order valence-corrected chi connectivity index (χ3v) is 3.83. The molecule has 1 aromatic carbocycles. The summed E-state index contributed by atoms with van der Waals surface area (Å²) in [6.45, 7) is 9.95. The lowest BCUT2D eigenvalue weighted by atomic mass is 9.89. The Morgan fingerprint density at radius 1 is 1.26 bits per heavy atom. The summed E-state index contributed by atoms with van der Waals surface area (Å²) in [4.78, 5) is 12.5. The summed E-state index contributed by atoms with van der Waals surface area (Å²) in [5, 5.41) is 5.70. The van der Waals surface area contributed by atoms with E-state index in [0.29, 0.717) is 6.54 Å². The average molecular weight is 322 g/mol. The number of benzene rings is 1. The van der Waals surface area contributed by atoms with E-state index in [4.69, 9.17) is 6.42 Å². The lowest BCUT2D eigenvalue weighted by Gasteiger charge is -2.29. The van der Waals surface area contributed by atoms with Crippen LogP contribution in [0.3, 0.4) is 0 Å². The van der Waals surface area contributed by atoms with Crippen LogP contribution in [0.1, 0.15) is 45.0 Å². The molecule has 0 saturated carbocycles. The molecule has 1 rings (SSSR count). The quantitative estimate of drug-likeness (QED) is 0.782. The molecule has 1 aromatic rings. The molecule has 0 aliphatic heterocycles. The summed E-state index contributed by atoms with van der Waals surface area (Å²) >= 11 is 0. The first-order valence-electron chi connectivity index (χ1n) is 7.64. The van der Waals surface area contributed by atoms with Crippen LogP contribution in [0.4, 0.5) is 14.5 Å². The molecular formula is C18H24F2N2O. The normalized spacial score (nSPS) is 13.6. The minimum absolute atomic E-state index is 0.0196. The number of terminal acetylenes is 1. The molecule has 23 heavy (non-hydrogen) atoms. The molecule has 0 saturated heterocycles. The fourth-order valence-corrected chi connectivity index (χ4v) is 1.85. The number of rotatable bonds is 6. The van der Waals surface area contributed by atoms with Crippen molar-refractivity contribution in [1.29, 1.82) is 0 Å². The number of nitrogens with one attached hydrogen (secondary N) is 2. The van der Waals surface area contributed by atoms with Crippen LogP contribution < -0.4 is 10.6 Å². The van der Waals surface area contributed by atoms with Gasteiger partial charge in [0.05, 0.1) is 11.3 Å². The highest BCUT2D eigenvalue weighted by Crippen LogP contribution is 2.23. The van der Waals surface area contributed by atoms with Gasteiger partial charge in [-0.25, -0.2) is 8.78 Å². The third-order valence-electron chi connectivity index (χ3n) is 3.83. The maximum Gasteiger partial charge on any atom is 0.254 e. The van der Waals surface area contributed by atoms with Crippen molar-refractivity contribution < 1.29 is 13.6 Å². The van der Waals surface area contributed by atoms with Gasteiger partial charge in [0.1, 0.15) is 5.54 Å². The van der Waals surface area contributed by atoms with E-state index >= 15 is 0 Å². The van der Waals surface area contributed by atoms with E-state index in [1.165, 1.54) is 0 Å². The second-order valence-corrected chi connectivity index (χ2v) is 6.54. The first-order valence-corrected chi connectivity index (χ1v) is 7.64. The molecule has 0 fully saturated rings. The molecule has 126 valence electrons. The van der Waals surface area contributed by atoms with Crippen molar-refractivity contribution in [2.24, 2.45) is 11.8 Å². The van der Waals surface area contributed by atoms with Gasteiger partial charge in [0.15, 0.2) is 11.6 Å². The Hall–Kier alpha value is -2.09. The Kier molecular flexibility index (Phi) is 6.14. The van der Waals surface area contributed by atoms with Gasteiger partial charge in [-0.2, -0.15) is 0 Å². The van der Waals surface area contributed by atoms with Gasteiger partial charge >= 0.3 is 0 Å². The van der Waals surface area contributed by atoms with Crippen molar-refractivity contribution in [2.75, 3.05) is 11.9 Å². The molecular weight excluding hydrogens is 298 g/mol. The van der Waals surface area contributed by atoms with Gasteiger partial charge < -0.3 is 10.6 Å². The summed E-state index contributed by atoms with van der Waals surface area (Å²) in [6.07, 6.45) is 5.51. The fourth-order valence-electron chi connectivity index (χ4n) is 1.85. The van der Waals surface area contributed by atoms with Crippen molar-refractivity contribution in [2.45, 2.75) is 40.2 Å². The highest BCUT2D eigenvalue weighted by Gasteiger charge is 2.29. The molecule has 0 heterocycles. The SMILES string of the molecule is C#CC(C)(NC(=O)c1cc(F)c(F)cc1NCC(C)C)C(C)C. The summed E-state index contributed by atoms with van der Waals surface area (Å²) in [5.41, 5.74) is -0.595. The Morgan fingerprint density at radius 2 is 1.83 bits per heavy atom. The molecule has 0 aliphatic carbocycles. The van der Waals surface area contributed by atoms with Gasteiger partial charge in [-0.15, -0.1) is 6.42 Å². The number of amides is 1. The average Bonchev–Trinajstić information content (AvgIpc) is 2.47. The van der Waals surface area contributed by atoms with E-state index in [0.717, 1.165) is 12.1 Å². The molecule has 0 bridgehead atoms. The number of anilines is 1. The lowest BCUT2D eigenvalue weighted by molar-refractivity contribution is 0.0909. The van der Waals surface area contributed by atoms with Crippen LogP contribution in [-0.4, -0.2) is 18.0 Å². The molecule has 0 aromatic heterocycles. The predicted molar refractivity (Wildman–Crippen MR) is 89.2 cm³/mol.